The highest BCUT2D eigenvalue weighted by molar-refractivity contribution is 7.89. The third-order valence-corrected chi connectivity index (χ3v) is 6.39. The Hall–Kier alpha value is -0.330. The number of rotatable bonds is 3. The monoisotopic (exact) mass is 337 g/mol. The van der Waals surface area contributed by atoms with Crippen LogP contribution in [-0.4, -0.2) is 37.0 Å². The molecule has 1 fully saturated rings. The normalized spacial score (nSPS) is 22.1. The molecule has 1 aromatic carbocycles. The van der Waals surface area contributed by atoms with Gasteiger partial charge in [0.25, 0.3) is 0 Å². The van der Waals surface area contributed by atoms with Crippen molar-refractivity contribution in [3.8, 4) is 0 Å². The number of hydrogen-bond acceptors (Lipinski definition) is 3. The standard InChI is InChI=1S/C13H17Cl2NO3S/c1-8-12(14)5-11(6-13(8)15)20(18,19)16-4-3-10(7-16)9(2)17/h5-6,9-10,17H,3-4,7H2,1-2H3. The van der Waals surface area contributed by atoms with Crippen molar-refractivity contribution in [2.75, 3.05) is 13.1 Å². The molecule has 1 saturated heterocycles. The van der Waals surface area contributed by atoms with E-state index in [1.165, 1.54) is 16.4 Å². The fourth-order valence-electron chi connectivity index (χ4n) is 2.29. The van der Waals surface area contributed by atoms with Gasteiger partial charge >= 0.3 is 0 Å². The third-order valence-electron chi connectivity index (χ3n) is 3.76. The van der Waals surface area contributed by atoms with Gasteiger partial charge in [0.1, 0.15) is 0 Å². The van der Waals surface area contributed by atoms with Crippen molar-refractivity contribution in [3.63, 3.8) is 0 Å². The van der Waals surface area contributed by atoms with Crippen molar-refractivity contribution in [3.05, 3.63) is 27.7 Å². The van der Waals surface area contributed by atoms with E-state index in [1.807, 2.05) is 0 Å². The molecule has 2 atom stereocenters. The summed E-state index contributed by atoms with van der Waals surface area (Å²) in [6.07, 6.45) is 0.143. The Kier molecular flexibility index (Phi) is 4.66. The SMILES string of the molecule is Cc1c(Cl)cc(S(=O)(=O)N2CCC(C(C)O)C2)cc1Cl. The minimum atomic E-state index is -3.61. The number of nitrogens with zero attached hydrogens (tertiary/aromatic N) is 1. The molecule has 112 valence electrons. The van der Waals surface area contributed by atoms with Crippen LogP contribution in [0.25, 0.3) is 0 Å². The number of aliphatic hydroxyl groups is 1. The van der Waals surface area contributed by atoms with Gasteiger partial charge in [-0.1, -0.05) is 23.2 Å². The summed E-state index contributed by atoms with van der Waals surface area (Å²) in [5.74, 6) is -0.0267. The second-order valence-electron chi connectivity index (χ2n) is 5.16. The summed E-state index contributed by atoms with van der Waals surface area (Å²) in [4.78, 5) is 0.101. The molecule has 1 heterocycles. The summed E-state index contributed by atoms with van der Waals surface area (Å²) in [7, 11) is -3.61. The summed E-state index contributed by atoms with van der Waals surface area (Å²) in [5.41, 5.74) is 0.663. The van der Waals surface area contributed by atoms with E-state index in [0.717, 1.165) is 0 Å². The largest absolute Gasteiger partial charge is 0.393 e. The summed E-state index contributed by atoms with van der Waals surface area (Å²) in [5, 5.41) is 10.2. The Balaban J connectivity index is 2.32. The average molecular weight is 338 g/mol. The van der Waals surface area contributed by atoms with Crippen LogP contribution in [0, 0.1) is 12.8 Å². The Bertz CT molecular complexity index is 593. The van der Waals surface area contributed by atoms with Crippen LogP contribution in [-0.2, 0) is 10.0 Å². The number of halogens is 2. The van der Waals surface area contributed by atoms with E-state index < -0.39 is 16.1 Å². The maximum absolute atomic E-state index is 12.5. The average Bonchev–Trinajstić information content (AvgIpc) is 2.85. The molecular weight excluding hydrogens is 321 g/mol. The molecule has 0 aliphatic carbocycles. The first-order chi connectivity index (χ1) is 9.23. The molecule has 0 saturated carbocycles. The first-order valence-corrected chi connectivity index (χ1v) is 8.57. The first-order valence-electron chi connectivity index (χ1n) is 6.37. The van der Waals surface area contributed by atoms with Gasteiger partial charge < -0.3 is 5.11 Å². The Morgan fingerprint density at radius 1 is 1.35 bits per heavy atom. The second kappa shape index (κ2) is 5.81. The fraction of sp³-hybridized carbons (Fsp3) is 0.538. The molecular formula is C13H17Cl2NO3S. The lowest BCUT2D eigenvalue weighted by Crippen LogP contribution is -2.30. The lowest BCUT2D eigenvalue weighted by molar-refractivity contribution is 0.133. The second-order valence-corrected chi connectivity index (χ2v) is 7.92. The van der Waals surface area contributed by atoms with E-state index in [1.54, 1.807) is 13.8 Å². The zero-order chi connectivity index (χ0) is 15.1. The van der Waals surface area contributed by atoms with Crippen molar-refractivity contribution in [2.45, 2.75) is 31.3 Å². The molecule has 2 rings (SSSR count). The predicted molar refractivity (Wildman–Crippen MR) is 79.7 cm³/mol. The van der Waals surface area contributed by atoms with Gasteiger partial charge in [-0.3, -0.25) is 0 Å². The zero-order valence-electron chi connectivity index (χ0n) is 11.3. The van der Waals surface area contributed by atoms with Crippen molar-refractivity contribution in [1.29, 1.82) is 0 Å². The molecule has 20 heavy (non-hydrogen) atoms. The molecule has 0 bridgehead atoms. The summed E-state index contributed by atoms with van der Waals surface area (Å²) in [6.45, 7) is 4.14. The van der Waals surface area contributed by atoms with Crippen LogP contribution >= 0.6 is 23.2 Å². The van der Waals surface area contributed by atoms with E-state index in [9.17, 15) is 13.5 Å². The molecule has 2 unspecified atom stereocenters. The summed E-state index contributed by atoms with van der Waals surface area (Å²) >= 11 is 12.0. The van der Waals surface area contributed by atoms with Crippen LogP contribution in [0.3, 0.4) is 0 Å². The van der Waals surface area contributed by atoms with E-state index in [2.05, 4.69) is 0 Å². The molecule has 0 aromatic heterocycles. The maximum Gasteiger partial charge on any atom is 0.243 e. The first kappa shape index (κ1) is 16.0. The molecule has 0 amide bonds. The molecule has 1 aromatic rings. The maximum atomic E-state index is 12.5. The van der Waals surface area contributed by atoms with Crippen molar-refractivity contribution in [1.82, 2.24) is 4.31 Å². The smallest absolute Gasteiger partial charge is 0.243 e. The molecule has 1 aliphatic rings. The molecule has 0 spiro atoms. The van der Waals surface area contributed by atoms with E-state index in [0.29, 0.717) is 35.1 Å². The fourth-order valence-corrected chi connectivity index (χ4v) is 4.47. The minimum Gasteiger partial charge on any atom is -0.393 e. The van der Waals surface area contributed by atoms with Crippen molar-refractivity contribution < 1.29 is 13.5 Å². The van der Waals surface area contributed by atoms with Crippen LogP contribution in [0.5, 0.6) is 0 Å². The van der Waals surface area contributed by atoms with Crippen molar-refractivity contribution in [2.24, 2.45) is 5.92 Å². The highest BCUT2D eigenvalue weighted by Gasteiger charge is 2.34. The van der Waals surface area contributed by atoms with Gasteiger partial charge in [-0.2, -0.15) is 4.31 Å². The van der Waals surface area contributed by atoms with Crippen LogP contribution in [0.1, 0.15) is 18.9 Å². The Morgan fingerprint density at radius 3 is 2.35 bits per heavy atom. The van der Waals surface area contributed by atoms with Crippen LogP contribution in [0.15, 0.2) is 17.0 Å². The lowest BCUT2D eigenvalue weighted by atomic mass is 10.0. The van der Waals surface area contributed by atoms with Crippen LogP contribution in [0.2, 0.25) is 10.0 Å². The van der Waals surface area contributed by atoms with E-state index in [-0.39, 0.29) is 10.8 Å². The highest BCUT2D eigenvalue weighted by Crippen LogP contribution is 2.31. The number of sulfonamides is 1. The number of aliphatic hydroxyl groups excluding tert-OH is 1. The number of hydrogen-bond donors (Lipinski definition) is 1. The number of benzene rings is 1. The molecule has 0 radical (unpaired) electrons. The Labute approximate surface area is 129 Å². The lowest BCUT2D eigenvalue weighted by Gasteiger charge is -2.18. The quantitative estimate of drug-likeness (QED) is 0.922. The Morgan fingerprint density at radius 2 is 1.90 bits per heavy atom. The van der Waals surface area contributed by atoms with Gasteiger partial charge in [-0.25, -0.2) is 8.42 Å². The van der Waals surface area contributed by atoms with Crippen molar-refractivity contribution >= 4 is 33.2 Å². The van der Waals surface area contributed by atoms with E-state index >= 15 is 0 Å². The van der Waals surface area contributed by atoms with Gasteiger partial charge in [-0.05, 0) is 43.9 Å². The van der Waals surface area contributed by atoms with Crippen LogP contribution in [0.4, 0.5) is 0 Å². The van der Waals surface area contributed by atoms with Gasteiger partial charge in [-0.15, -0.1) is 0 Å². The van der Waals surface area contributed by atoms with Gasteiger partial charge in [0.2, 0.25) is 10.0 Å². The van der Waals surface area contributed by atoms with Gasteiger partial charge in [0.15, 0.2) is 0 Å². The predicted octanol–water partition coefficient (Wildman–Crippen LogP) is 2.69. The summed E-state index contributed by atoms with van der Waals surface area (Å²) in [6, 6.07) is 2.85. The topological polar surface area (TPSA) is 57.6 Å². The van der Waals surface area contributed by atoms with E-state index in [4.69, 9.17) is 23.2 Å². The summed E-state index contributed by atoms with van der Waals surface area (Å²) < 4.78 is 26.5. The van der Waals surface area contributed by atoms with Crippen LogP contribution < -0.4 is 0 Å². The molecule has 7 heteroatoms. The third kappa shape index (κ3) is 2.97. The van der Waals surface area contributed by atoms with Gasteiger partial charge in [0, 0.05) is 23.1 Å². The minimum absolute atomic E-state index is 0.0267. The zero-order valence-corrected chi connectivity index (χ0v) is 13.6. The molecule has 4 nitrogen and oxygen atoms in total. The molecule has 1 aliphatic heterocycles. The highest BCUT2D eigenvalue weighted by atomic mass is 35.5. The molecule has 1 N–H and O–H groups in total. The van der Waals surface area contributed by atoms with Gasteiger partial charge in [0.05, 0.1) is 11.0 Å².